The summed E-state index contributed by atoms with van der Waals surface area (Å²) in [5, 5.41) is 5.19. The smallest absolute Gasteiger partial charge is 0.239 e. The fourth-order valence-electron chi connectivity index (χ4n) is 2.63. The van der Waals surface area contributed by atoms with E-state index >= 15 is 0 Å². The lowest BCUT2D eigenvalue weighted by Crippen LogP contribution is -2.22. The van der Waals surface area contributed by atoms with Gasteiger partial charge in [0, 0.05) is 15.8 Å². The van der Waals surface area contributed by atoms with Crippen LogP contribution in [0.4, 0.5) is 5.13 Å². The number of hydrogen-bond donors (Lipinski definition) is 1. The predicted molar refractivity (Wildman–Crippen MR) is 109 cm³/mol. The molecule has 4 rings (SSSR count). The number of rotatable bonds is 5. The molecule has 0 unspecified atom stereocenters. The zero-order chi connectivity index (χ0) is 18.6. The highest BCUT2D eigenvalue weighted by atomic mass is 32.2. The third-order valence-corrected chi connectivity index (χ3v) is 5.85. The summed E-state index contributed by atoms with van der Waals surface area (Å²) in [5.74, 6) is 1.40. The normalized spacial score (nSPS) is 13.8. The predicted octanol–water partition coefficient (Wildman–Crippen LogP) is 4.70. The SMILES string of the molecule is C[C@H](Sc1ccc2c(c1)OCCO2)C(=O)Nc1nc(-c2ccccc2)cs1. The summed E-state index contributed by atoms with van der Waals surface area (Å²) < 4.78 is 11.1. The van der Waals surface area contributed by atoms with Crippen molar-refractivity contribution in [3.8, 4) is 22.8 Å². The van der Waals surface area contributed by atoms with Gasteiger partial charge in [0.05, 0.1) is 10.9 Å². The number of amides is 1. The quantitative estimate of drug-likeness (QED) is 0.631. The molecule has 5 nitrogen and oxygen atoms in total. The van der Waals surface area contributed by atoms with E-state index in [4.69, 9.17) is 9.47 Å². The topological polar surface area (TPSA) is 60.5 Å². The highest BCUT2D eigenvalue weighted by molar-refractivity contribution is 8.00. The molecule has 1 atom stereocenters. The molecular weight excluding hydrogens is 380 g/mol. The van der Waals surface area contributed by atoms with Crippen molar-refractivity contribution in [3.63, 3.8) is 0 Å². The Hall–Kier alpha value is -2.51. The molecule has 1 N–H and O–H groups in total. The number of carbonyl (C=O) groups excluding carboxylic acids is 1. The molecule has 0 aliphatic carbocycles. The molecular formula is C20H18N2O3S2. The first-order chi connectivity index (χ1) is 13.2. The number of nitrogens with one attached hydrogen (secondary N) is 1. The third kappa shape index (κ3) is 4.26. The van der Waals surface area contributed by atoms with Gasteiger partial charge in [-0.25, -0.2) is 4.98 Å². The Morgan fingerprint density at radius 2 is 1.93 bits per heavy atom. The molecule has 1 aliphatic heterocycles. The summed E-state index contributed by atoms with van der Waals surface area (Å²) in [5.41, 5.74) is 1.90. The van der Waals surface area contributed by atoms with Crippen LogP contribution in [0.15, 0.2) is 58.8 Å². The van der Waals surface area contributed by atoms with Gasteiger partial charge in [-0.3, -0.25) is 4.79 Å². The van der Waals surface area contributed by atoms with Crippen molar-refractivity contribution in [2.75, 3.05) is 18.5 Å². The van der Waals surface area contributed by atoms with Crippen LogP contribution in [0.25, 0.3) is 11.3 Å². The lowest BCUT2D eigenvalue weighted by Gasteiger charge is -2.19. The standard InChI is InChI=1S/C20H18N2O3S2/c1-13(27-15-7-8-17-18(11-15)25-10-9-24-17)19(23)22-20-21-16(12-26-20)14-5-3-2-4-6-14/h2-8,11-13H,9-10H2,1H3,(H,21,22,23)/t13-/m0/s1. The minimum absolute atomic E-state index is 0.0798. The minimum Gasteiger partial charge on any atom is -0.486 e. The zero-order valence-electron chi connectivity index (χ0n) is 14.7. The van der Waals surface area contributed by atoms with Crippen LogP contribution in [-0.4, -0.2) is 29.4 Å². The fourth-order valence-corrected chi connectivity index (χ4v) is 4.25. The lowest BCUT2D eigenvalue weighted by atomic mass is 10.2. The summed E-state index contributed by atoms with van der Waals surface area (Å²) in [6.07, 6.45) is 0. The van der Waals surface area contributed by atoms with Crippen molar-refractivity contribution in [2.45, 2.75) is 17.1 Å². The number of benzene rings is 2. The largest absolute Gasteiger partial charge is 0.486 e. The van der Waals surface area contributed by atoms with Crippen LogP contribution < -0.4 is 14.8 Å². The molecule has 2 aromatic carbocycles. The first kappa shape index (κ1) is 17.9. The van der Waals surface area contributed by atoms with Crippen molar-refractivity contribution in [1.29, 1.82) is 0 Å². The van der Waals surface area contributed by atoms with E-state index in [1.54, 1.807) is 0 Å². The Bertz CT molecular complexity index is 943. The number of fused-ring (bicyclic) bond motifs is 1. The van der Waals surface area contributed by atoms with Crippen molar-refractivity contribution in [2.24, 2.45) is 0 Å². The highest BCUT2D eigenvalue weighted by Gasteiger charge is 2.18. The fraction of sp³-hybridized carbons (Fsp3) is 0.200. The molecule has 0 bridgehead atoms. The van der Waals surface area contributed by atoms with Gasteiger partial charge in [0.15, 0.2) is 16.6 Å². The van der Waals surface area contributed by atoms with Crippen LogP contribution in [0.1, 0.15) is 6.92 Å². The number of hydrogen-bond acceptors (Lipinski definition) is 6. The van der Waals surface area contributed by atoms with Gasteiger partial charge in [0.1, 0.15) is 13.2 Å². The number of aromatic nitrogens is 1. The van der Waals surface area contributed by atoms with Gasteiger partial charge in [0.2, 0.25) is 5.91 Å². The van der Waals surface area contributed by atoms with Gasteiger partial charge < -0.3 is 14.8 Å². The maximum Gasteiger partial charge on any atom is 0.239 e. The zero-order valence-corrected chi connectivity index (χ0v) is 16.3. The molecule has 0 saturated carbocycles. The second-order valence-electron chi connectivity index (χ2n) is 5.96. The molecule has 2 heterocycles. The van der Waals surface area contributed by atoms with Crippen LogP contribution in [0.3, 0.4) is 0 Å². The molecule has 1 amide bonds. The van der Waals surface area contributed by atoms with Crippen molar-refractivity contribution in [1.82, 2.24) is 4.98 Å². The molecule has 138 valence electrons. The number of anilines is 1. The Kier molecular flexibility index (Phi) is 5.31. The van der Waals surface area contributed by atoms with Gasteiger partial charge in [-0.05, 0) is 25.1 Å². The van der Waals surface area contributed by atoms with E-state index in [0.29, 0.717) is 18.3 Å². The number of ether oxygens (including phenoxy) is 2. The van der Waals surface area contributed by atoms with Crippen LogP contribution in [0.5, 0.6) is 11.5 Å². The molecule has 0 spiro atoms. The van der Waals surface area contributed by atoms with Crippen molar-refractivity contribution < 1.29 is 14.3 Å². The molecule has 3 aromatic rings. The van der Waals surface area contributed by atoms with E-state index < -0.39 is 0 Å². The second kappa shape index (κ2) is 8.02. The molecule has 7 heteroatoms. The van der Waals surface area contributed by atoms with E-state index in [1.807, 2.05) is 60.8 Å². The first-order valence-corrected chi connectivity index (χ1v) is 10.3. The average molecular weight is 399 g/mol. The van der Waals surface area contributed by atoms with Crippen molar-refractivity contribution in [3.05, 3.63) is 53.9 Å². The molecule has 0 fully saturated rings. The summed E-state index contributed by atoms with van der Waals surface area (Å²) >= 11 is 2.90. The van der Waals surface area contributed by atoms with Crippen LogP contribution >= 0.6 is 23.1 Å². The number of thioether (sulfide) groups is 1. The maximum absolute atomic E-state index is 12.5. The minimum atomic E-state index is -0.267. The van der Waals surface area contributed by atoms with Gasteiger partial charge in [-0.15, -0.1) is 23.1 Å². The van der Waals surface area contributed by atoms with Gasteiger partial charge in [-0.2, -0.15) is 0 Å². The Labute approximate surface area is 165 Å². The summed E-state index contributed by atoms with van der Waals surface area (Å²) in [6.45, 7) is 2.99. The summed E-state index contributed by atoms with van der Waals surface area (Å²) in [4.78, 5) is 18.0. The van der Waals surface area contributed by atoms with Gasteiger partial charge >= 0.3 is 0 Å². The molecule has 1 aliphatic rings. The number of nitrogens with zero attached hydrogens (tertiary/aromatic N) is 1. The van der Waals surface area contributed by atoms with E-state index in [2.05, 4.69) is 10.3 Å². The molecule has 0 radical (unpaired) electrons. The molecule has 0 saturated heterocycles. The maximum atomic E-state index is 12.5. The summed E-state index contributed by atoms with van der Waals surface area (Å²) in [6, 6.07) is 15.7. The Balaban J connectivity index is 1.39. The molecule has 27 heavy (non-hydrogen) atoms. The van der Waals surface area contributed by atoms with Crippen molar-refractivity contribution >= 4 is 34.1 Å². The molecule has 1 aromatic heterocycles. The van der Waals surface area contributed by atoms with E-state index in [1.165, 1.54) is 23.1 Å². The van der Waals surface area contributed by atoms with Gasteiger partial charge in [0.25, 0.3) is 0 Å². The van der Waals surface area contributed by atoms with E-state index in [-0.39, 0.29) is 11.2 Å². The third-order valence-electron chi connectivity index (χ3n) is 4.00. The van der Waals surface area contributed by atoms with Crippen LogP contribution in [-0.2, 0) is 4.79 Å². The number of thiazole rings is 1. The Morgan fingerprint density at radius 1 is 1.15 bits per heavy atom. The lowest BCUT2D eigenvalue weighted by molar-refractivity contribution is -0.115. The average Bonchev–Trinajstić information content (AvgIpc) is 3.17. The van der Waals surface area contributed by atoms with Crippen LogP contribution in [0, 0.1) is 0 Å². The Morgan fingerprint density at radius 3 is 2.74 bits per heavy atom. The van der Waals surface area contributed by atoms with E-state index in [9.17, 15) is 4.79 Å². The van der Waals surface area contributed by atoms with E-state index in [0.717, 1.165) is 27.7 Å². The van der Waals surface area contributed by atoms with Crippen LogP contribution in [0.2, 0.25) is 0 Å². The number of carbonyl (C=O) groups is 1. The highest BCUT2D eigenvalue weighted by Crippen LogP contribution is 2.35. The van der Waals surface area contributed by atoms with Gasteiger partial charge in [-0.1, -0.05) is 30.3 Å². The monoisotopic (exact) mass is 398 g/mol. The second-order valence-corrected chi connectivity index (χ2v) is 8.23. The first-order valence-electron chi connectivity index (χ1n) is 8.57. The summed E-state index contributed by atoms with van der Waals surface area (Å²) in [7, 11) is 0.